The molecular weight excluding hydrogens is 316 g/mol. The van der Waals surface area contributed by atoms with Crippen LogP contribution in [0.2, 0.25) is 0 Å². The zero-order chi connectivity index (χ0) is 18.2. The first-order valence-corrected chi connectivity index (χ1v) is 10.6. The Morgan fingerprint density at radius 2 is 1.28 bits per heavy atom. The Morgan fingerprint density at radius 1 is 0.800 bits per heavy atom. The fourth-order valence-electron chi connectivity index (χ4n) is 3.47. The standard InChI is InChI=1S/C21H40O4/c1-3-4-5-6-7-8-9-10-11-12-13-14-15-16-19-17-20(25-24-19)18-21(22)23-2/h19-20H,3-18H2,1-2H3/t19-,20-/m0/s1. The van der Waals surface area contributed by atoms with E-state index in [1.165, 1.54) is 90.6 Å². The highest BCUT2D eigenvalue weighted by Gasteiger charge is 2.29. The summed E-state index contributed by atoms with van der Waals surface area (Å²) >= 11 is 0. The summed E-state index contributed by atoms with van der Waals surface area (Å²) in [6.45, 7) is 2.27. The molecule has 0 bridgehead atoms. The van der Waals surface area contributed by atoms with Gasteiger partial charge in [0.15, 0.2) is 0 Å². The van der Waals surface area contributed by atoms with Crippen molar-refractivity contribution in [2.45, 2.75) is 122 Å². The Labute approximate surface area is 154 Å². The maximum absolute atomic E-state index is 11.2. The molecule has 1 rings (SSSR count). The number of hydrogen-bond donors (Lipinski definition) is 0. The number of carbonyl (C=O) groups excluding carboxylic acids is 1. The van der Waals surface area contributed by atoms with Crippen LogP contribution >= 0.6 is 0 Å². The van der Waals surface area contributed by atoms with E-state index in [-0.39, 0.29) is 18.2 Å². The van der Waals surface area contributed by atoms with Gasteiger partial charge in [0.1, 0.15) is 6.10 Å². The molecule has 0 amide bonds. The van der Waals surface area contributed by atoms with Crippen molar-refractivity contribution in [2.75, 3.05) is 7.11 Å². The molecule has 4 heteroatoms. The van der Waals surface area contributed by atoms with Gasteiger partial charge in [-0.1, -0.05) is 90.4 Å². The Balaban J connectivity index is 1.80. The van der Waals surface area contributed by atoms with Crippen LogP contribution < -0.4 is 0 Å². The van der Waals surface area contributed by atoms with E-state index in [1.54, 1.807) is 0 Å². The van der Waals surface area contributed by atoms with Gasteiger partial charge in [0, 0.05) is 6.42 Å². The summed E-state index contributed by atoms with van der Waals surface area (Å²) < 4.78 is 4.66. The zero-order valence-electron chi connectivity index (χ0n) is 16.6. The molecule has 0 unspecified atom stereocenters. The van der Waals surface area contributed by atoms with Crippen LogP contribution in [0.15, 0.2) is 0 Å². The topological polar surface area (TPSA) is 44.8 Å². The first-order chi connectivity index (χ1) is 12.3. The second-order valence-corrected chi connectivity index (χ2v) is 7.48. The molecule has 0 aliphatic carbocycles. The van der Waals surface area contributed by atoms with Gasteiger partial charge < -0.3 is 4.74 Å². The average Bonchev–Trinajstić information content (AvgIpc) is 3.06. The van der Waals surface area contributed by atoms with E-state index < -0.39 is 0 Å². The summed E-state index contributed by atoms with van der Waals surface area (Å²) in [4.78, 5) is 21.7. The SMILES string of the molecule is CCCCCCCCCCCCCCC[C@H]1C[C@@H](CC(=O)OC)OO1. The summed E-state index contributed by atoms with van der Waals surface area (Å²) in [6.07, 6.45) is 20.0. The highest BCUT2D eigenvalue weighted by molar-refractivity contribution is 5.69. The van der Waals surface area contributed by atoms with E-state index in [0.29, 0.717) is 6.42 Å². The van der Waals surface area contributed by atoms with Crippen LogP contribution in [0.25, 0.3) is 0 Å². The molecule has 148 valence electrons. The predicted octanol–water partition coefficient (Wildman–Crippen LogP) is 6.12. The van der Waals surface area contributed by atoms with Crippen LogP contribution in [-0.4, -0.2) is 25.3 Å². The van der Waals surface area contributed by atoms with Gasteiger partial charge in [-0.3, -0.25) is 4.79 Å². The summed E-state index contributed by atoms with van der Waals surface area (Å²) in [5, 5.41) is 0. The Morgan fingerprint density at radius 3 is 1.80 bits per heavy atom. The highest BCUT2D eigenvalue weighted by atomic mass is 17.2. The van der Waals surface area contributed by atoms with E-state index in [4.69, 9.17) is 9.78 Å². The van der Waals surface area contributed by atoms with Crippen LogP contribution in [0.4, 0.5) is 0 Å². The molecule has 0 saturated carbocycles. The first-order valence-electron chi connectivity index (χ1n) is 10.6. The monoisotopic (exact) mass is 356 g/mol. The molecule has 1 saturated heterocycles. The molecule has 25 heavy (non-hydrogen) atoms. The van der Waals surface area contributed by atoms with E-state index in [9.17, 15) is 4.79 Å². The number of rotatable bonds is 16. The lowest BCUT2D eigenvalue weighted by Gasteiger charge is -2.06. The van der Waals surface area contributed by atoms with Crippen molar-refractivity contribution in [3.8, 4) is 0 Å². The predicted molar refractivity (Wildman–Crippen MR) is 101 cm³/mol. The van der Waals surface area contributed by atoms with E-state index in [0.717, 1.165) is 12.8 Å². The molecule has 1 heterocycles. The molecule has 0 radical (unpaired) electrons. The fourth-order valence-corrected chi connectivity index (χ4v) is 3.47. The van der Waals surface area contributed by atoms with Gasteiger partial charge in [-0.25, -0.2) is 9.78 Å². The lowest BCUT2D eigenvalue weighted by molar-refractivity contribution is -0.297. The zero-order valence-corrected chi connectivity index (χ0v) is 16.6. The molecule has 1 fully saturated rings. The van der Waals surface area contributed by atoms with E-state index in [2.05, 4.69) is 11.7 Å². The third-order valence-corrected chi connectivity index (χ3v) is 5.11. The lowest BCUT2D eigenvalue weighted by Crippen LogP contribution is -2.14. The molecule has 1 aliphatic heterocycles. The minimum Gasteiger partial charge on any atom is -0.469 e. The quantitative estimate of drug-likeness (QED) is 0.190. The maximum atomic E-state index is 11.2. The van der Waals surface area contributed by atoms with Crippen LogP contribution in [0, 0.1) is 0 Å². The maximum Gasteiger partial charge on any atom is 0.308 e. The van der Waals surface area contributed by atoms with Gasteiger partial charge in [0.2, 0.25) is 0 Å². The number of hydrogen-bond acceptors (Lipinski definition) is 4. The minimum atomic E-state index is -0.227. The van der Waals surface area contributed by atoms with Crippen molar-refractivity contribution in [1.82, 2.24) is 0 Å². The third-order valence-electron chi connectivity index (χ3n) is 5.11. The number of carbonyl (C=O) groups is 1. The van der Waals surface area contributed by atoms with Gasteiger partial charge >= 0.3 is 5.97 Å². The Hall–Kier alpha value is -0.610. The van der Waals surface area contributed by atoms with E-state index >= 15 is 0 Å². The number of methoxy groups -OCH3 is 1. The molecule has 0 aromatic heterocycles. The molecule has 0 N–H and O–H groups in total. The molecular formula is C21H40O4. The molecule has 0 aromatic carbocycles. The van der Waals surface area contributed by atoms with Crippen LogP contribution in [0.1, 0.15) is 110 Å². The second kappa shape index (κ2) is 15.6. The van der Waals surface area contributed by atoms with Gasteiger partial charge in [-0.05, 0) is 6.42 Å². The Kier molecular flexibility index (Phi) is 14.0. The Bertz CT molecular complexity index is 319. The van der Waals surface area contributed by atoms with Crippen molar-refractivity contribution in [1.29, 1.82) is 0 Å². The van der Waals surface area contributed by atoms with Gasteiger partial charge in [-0.2, -0.15) is 0 Å². The smallest absolute Gasteiger partial charge is 0.308 e. The number of ether oxygens (including phenoxy) is 1. The van der Waals surface area contributed by atoms with Gasteiger partial charge in [0.05, 0.1) is 19.6 Å². The van der Waals surface area contributed by atoms with E-state index in [1.807, 2.05) is 0 Å². The van der Waals surface area contributed by atoms with Gasteiger partial charge in [-0.15, -0.1) is 0 Å². The van der Waals surface area contributed by atoms with Crippen LogP contribution in [-0.2, 0) is 19.3 Å². The number of unbranched alkanes of at least 4 members (excludes halogenated alkanes) is 12. The summed E-state index contributed by atoms with van der Waals surface area (Å²) in [6, 6.07) is 0. The minimum absolute atomic E-state index is 0.126. The van der Waals surface area contributed by atoms with Crippen molar-refractivity contribution in [3.05, 3.63) is 0 Å². The molecule has 2 atom stereocenters. The lowest BCUT2D eigenvalue weighted by atomic mass is 10.0. The molecule has 1 aliphatic rings. The average molecular weight is 357 g/mol. The summed E-state index contributed by atoms with van der Waals surface area (Å²) in [5.74, 6) is -0.227. The van der Waals surface area contributed by atoms with Gasteiger partial charge in [0.25, 0.3) is 0 Å². The largest absolute Gasteiger partial charge is 0.469 e. The second-order valence-electron chi connectivity index (χ2n) is 7.48. The van der Waals surface area contributed by atoms with Crippen molar-refractivity contribution >= 4 is 5.97 Å². The fraction of sp³-hybridized carbons (Fsp3) is 0.952. The van der Waals surface area contributed by atoms with Crippen molar-refractivity contribution in [2.24, 2.45) is 0 Å². The van der Waals surface area contributed by atoms with Crippen molar-refractivity contribution in [3.63, 3.8) is 0 Å². The molecule has 0 spiro atoms. The third kappa shape index (κ3) is 12.4. The molecule has 0 aromatic rings. The number of esters is 1. The molecule has 4 nitrogen and oxygen atoms in total. The van der Waals surface area contributed by atoms with Crippen LogP contribution in [0.5, 0.6) is 0 Å². The van der Waals surface area contributed by atoms with Crippen molar-refractivity contribution < 1.29 is 19.3 Å². The normalized spacial score (nSPS) is 20.1. The highest BCUT2D eigenvalue weighted by Crippen LogP contribution is 2.24. The summed E-state index contributed by atoms with van der Waals surface area (Å²) in [5.41, 5.74) is 0. The summed E-state index contributed by atoms with van der Waals surface area (Å²) in [7, 11) is 1.41. The van der Waals surface area contributed by atoms with Crippen LogP contribution in [0.3, 0.4) is 0 Å². The first kappa shape index (κ1) is 22.4.